The summed E-state index contributed by atoms with van der Waals surface area (Å²) >= 11 is 0. The number of Topliss-reactive ketones (excluding diaryl/α,β-unsaturated/α-hetero) is 3. The van der Waals surface area contributed by atoms with Gasteiger partial charge < -0.3 is 14.9 Å². The van der Waals surface area contributed by atoms with Crippen LogP contribution in [0.1, 0.15) is 82.8 Å². The van der Waals surface area contributed by atoms with E-state index in [-0.39, 0.29) is 46.1 Å². The lowest BCUT2D eigenvalue weighted by molar-refractivity contribution is -0.144. The molecule has 6 nitrogen and oxygen atoms in total. The Kier molecular flexibility index (Phi) is 5.16. The van der Waals surface area contributed by atoms with Crippen LogP contribution in [-0.2, 0) is 9.59 Å². The van der Waals surface area contributed by atoms with Crippen molar-refractivity contribution in [3.63, 3.8) is 0 Å². The fourth-order valence-corrected chi connectivity index (χ4v) is 4.94. The summed E-state index contributed by atoms with van der Waals surface area (Å²) in [5, 5.41) is 22.0. The van der Waals surface area contributed by atoms with E-state index in [0.717, 1.165) is 0 Å². The number of ketones is 3. The van der Waals surface area contributed by atoms with Crippen LogP contribution in [0.15, 0.2) is 11.3 Å². The van der Waals surface area contributed by atoms with Crippen LogP contribution in [0.3, 0.4) is 0 Å². The highest BCUT2D eigenvalue weighted by Gasteiger charge is 2.58. The van der Waals surface area contributed by atoms with Gasteiger partial charge in [-0.2, -0.15) is 0 Å². The molecule has 1 atom stereocenters. The van der Waals surface area contributed by atoms with Gasteiger partial charge in [0.25, 0.3) is 0 Å². The number of hydrogen-bond donors (Lipinski definition) is 2. The van der Waals surface area contributed by atoms with Gasteiger partial charge in [-0.3, -0.25) is 14.4 Å². The summed E-state index contributed by atoms with van der Waals surface area (Å²) in [4.78, 5) is 39.5. The molecule has 1 aromatic rings. The molecule has 31 heavy (non-hydrogen) atoms. The smallest absolute Gasteiger partial charge is 0.175 e. The Labute approximate surface area is 183 Å². The number of aromatic hydroxyl groups is 2. The largest absolute Gasteiger partial charge is 0.507 e. The normalized spacial score (nSPS) is 21.8. The van der Waals surface area contributed by atoms with Crippen LogP contribution in [0.5, 0.6) is 17.2 Å². The molecule has 0 bridgehead atoms. The molecule has 1 aromatic carbocycles. The van der Waals surface area contributed by atoms with E-state index >= 15 is 0 Å². The maximum absolute atomic E-state index is 13.5. The number of carbonyl (C=O) groups is 3. The first-order valence-electron chi connectivity index (χ1n) is 10.7. The average Bonchev–Trinajstić information content (AvgIpc) is 2.68. The van der Waals surface area contributed by atoms with E-state index in [1.54, 1.807) is 48.5 Å². The predicted octanol–water partition coefficient (Wildman–Crippen LogP) is 4.84. The lowest BCUT2D eigenvalue weighted by atomic mass is 9.59. The molecular formula is C25H32O6. The van der Waals surface area contributed by atoms with Gasteiger partial charge >= 0.3 is 0 Å². The second-order valence-corrected chi connectivity index (χ2v) is 10.4. The monoisotopic (exact) mass is 428 g/mol. The minimum atomic E-state index is -1.24. The minimum Gasteiger partial charge on any atom is -0.507 e. The number of phenolic OH excluding ortho intramolecular Hbond substituents is 2. The molecule has 6 heteroatoms. The molecule has 0 saturated heterocycles. The van der Waals surface area contributed by atoms with Crippen molar-refractivity contribution in [3.05, 3.63) is 28.0 Å². The molecule has 2 aliphatic rings. The second-order valence-electron chi connectivity index (χ2n) is 10.4. The molecule has 0 saturated carbocycles. The van der Waals surface area contributed by atoms with E-state index in [0.29, 0.717) is 16.7 Å². The number of phenols is 2. The van der Waals surface area contributed by atoms with Crippen molar-refractivity contribution in [2.24, 2.45) is 22.7 Å². The molecule has 0 fully saturated rings. The first-order chi connectivity index (χ1) is 14.1. The molecule has 0 radical (unpaired) electrons. The molecule has 168 valence electrons. The van der Waals surface area contributed by atoms with Crippen molar-refractivity contribution < 1.29 is 29.3 Å². The lowest BCUT2D eigenvalue weighted by Crippen LogP contribution is -2.52. The number of fused-ring (bicyclic) bond motifs is 1. The summed E-state index contributed by atoms with van der Waals surface area (Å²) in [6, 6.07) is 0. The first-order valence-corrected chi connectivity index (χ1v) is 10.7. The van der Waals surface area contributed by atoms with Crippen LogP contribution in [0, 0.1) is 29.6 Å². The van der Waals surface area contributed by atoms with Crippen molar-refractivity contribution in [1.29, 1.82) is 0 Å². The van der Waals surface area contributed by atoms with Gasteiger partial charge in [0.2, 0.25) is 0 Å². The average molecular weight is 429 g/mol. The molecule has 1 aliphatic heterocycles. The molecule has 0 amide bonds. The topological polar surface area (TPSA) is 101 Å². The third kappa shape index (κ3) is 2.94. The Bertz CT molecular complexity index is 1050. The zero-order valence-corrected chi connectivity index (χ0v) is 19.8. The highest BCUT2D eigenvalue weighted by molar-refractivity contribution is 6.20. The van der Waals surface area contributed by atoms with Crippen molar-refractivity contribution in [2.75, 3.05) is 0 Å². The van der Waals surface area contributed by atoms with E-state index in [9.17, 15) is 24.6 Å². The third-order valence-electron chi connectivity index (χ3n) is 6.69. The fraction of sp³-hybridized carbons (Fsp3) is 0.560. The van der Waals surface area contributed by atoms with Gasteiger partial charge in [-0.15, -0.1) is 0 Å². The molecule has 0 spiro atoms. The zero-order valence-electron chi connectivity index (χ0n) is 19.8. The van der Waals surface area contributed by atoms with E-state index in [4.69, 9.17) is 4.74 Å². The summed E-state index contributed by atoms with van der Waals surface area (Å²) in [5.74, 6) is -2.38. The van der Waals surface area contributed by atoms with E-state index < -0.39 is 28.4 Å². The summed E-state index contributed by atoms with van der Waals surface area (Å²) in [6.07, 6.45) is 0. The maximum Gasteiger partial charge on any atom is 0.175 e. The Morgan fingerprint density at radius 2 is 1.52 bits per heavy atom. The van der Waals surface area contributed by atoms with Crippen LogP contribution in [-0.4, -0.2) is 27.6 Å². The van der Waals surface area contributed by atoms with E-state index in [1.165, 1.54) is 0 Å². The highest BCUT2D eigenvalue weighted by atomic mass is 16.5. The summed E-state index contributed by atoms with van der Waals surface area (Å²) in [5.41, 5.74) is -1.48. The van der Waals surface area contributed by atoms with Crippen molar-refractivity contribution in [1.82, 2.24) is 0 Å². The molecule has 3 rings (SSSR count). The molecular weight excluding hydrogens is 396 g/mol. The molecule has 0 aromatic heterocycles. The number of benzene rings is 1. The highest BCUT2D eigenvalue weighted by Crippen LogP contribution is 2.58. The number of hydrogen-bond acceptors (Lipinski definition) is 6. The van der Waals surface area contributed by atoms with Crippen molar-refractivity contribution in [3.8, 4) is 17.2 Å². The van der Waals surface area contributed by atoms with Gasteiger partial charge in [0, 0.05) is 28.5 Å². The van der Waals surface area contributed by atoms with Gasteiger partial charge in [0.15, 0.2) is 17.3 Å². The van der Waals surface area contributed by atoms with Crippen LogP contribution in [0.25, 0.3) is 0 Å². The van der Waals surface area contributed by atoms with Crippen LogP contribution < -0.4 is 4.74 Å². The van der Waals surface area contributed by atoms with E-state index in [1.807, 2.05) is 13.8 Å². The SMILES string of the molecule is Cc1c(O)c(C(=O)C(C)C)c(O)c2c1OC1=C(C(=O)C(C)(C)C(=O)C1(C)C)C2C(C)C. The van der Waals surface area contributed by atoms with Gasteiger partial charge in [-0.25, -0.2) is 0 Å². The van der Waals surface area contributed by atoms with Gasteiger partial charge in [0.05, 0.1) is 10.8 Å². The minimum absolute atomic E-state index is 0.145. The number of ether oxygens (including phenoxy) is 1. The Morgan fingerprint density at radius 1 is 0.968 bits per heavy atom. The Balaban J connectivity index is 2.44. The Morgan fingerprint density at radius 3 is 2.00 bits per heavy atom. The van der Waals surface area contributed by atoms with Gasteiger partial charge in [-0.1, -0.05) is 27.7 Å². The first kappa shape index (κ1) is 23.0. The van der Waals surface area contributed by atoms with Crippen LogP contribution in [0.2, 0.25) is 0 Å². The molecule has 2 N–H and O–H groups in total. The number of rotatable bonds is 3. The predicted molar refractivity (Wildman–Crippen MR) is 116 cm³/mol. The lowest BCUT2D eigenvalue weighted by Gasteiger charge is -2.46. The molecule has 1 unspecified atom stereocenters. The molecule has 1 heterocycles. The second kappa shape index (κ2) is 6.94. The van der Waals surface area contributed by atoms with Crippen molar-refractivity contribution in [2.45, 2.75) is 68.2 Å². The van der Waals surface area contributed by atoms with E-state index in [2.05, 4.69) is 0 Å². The quantitative estimate of drug-likeness (QED) is 0.528. The Hall–Kier alpha value is -2.63. The fourth-order valence-electron chi connectivity index (χ4n) is 4.94. The van der Waals surface area contributed by atoms with Crippen molar-refractivity contribution >= 4 is 17.3 Å². The summed E-state index contributed by atoms with van der Waals surface area (Å²) in [6.45, 7) is 15.5. The van der Waals surface area contributed by atoms with Gasteiger partial charge in [0.1, 0.15) is 28.6 Å². The third-order valence-corrected chi connectivity index (χ3v) is 6.69. The van der Waals surface area contributed by atoms with Gasteiger partial charge in [-0.05, 0) is 40.5 Å². The van der Waals surface area contributed by atoms with Crippen LogP contribution in [0.4, 0.5) is 0 Å². The maximum atomic E-state index is 13.5. The summed E-state index contributed by atoms with van der Waals surface area (Å²) in [7, 11) is 0. The standard InChI is InChI=1S/C25H32O6/c1-10(2)13-14-19(28)16(17(26)11(3)4)18(27)12(5)20(14)31-22-15(13)21(29)24(6,7)23(30)25(22,8)9/h10-11,13,27-28H,1-9H3. The number of carbonyl (C=O) groups excluding carboxylic acids is 3. The zero-order chi connectivity index (χ0) is 23.8. The molecule has 1 aliphatic carbocycles. The summed E-state index contributed by atoms with van der Waals surface area (Å²) < 4.78 is 6.16. The van der Waals surface area contributed by atoms with Crippen LogP contribution >= 0.6 is 0 Å². The number of allylic oxidation sites excluding steroid dienone is 2.